The minimum Gasteiger partial charge on any atom is -0.356 e. The predicted octanol–water partition coefficient (Wildman–Crippen LogP) is 3.64. The number of aromatic nitrogens is 2. The van der Waals surface area contributed by atoms with E-state index in [1.54, 1.807) is 18.4 Å². The zero-order valence-electron chi connectivity index (χ0n) is 14.8. The lowest BCUT2D eigenvalue weighted by Crippen LogP contribution is -2.39. The molecule has 26 heavy (non-hydrogen) atoms. The van der Waals surface area contributed by atoms with Gasteiger partial charge in [-0.05, 0) is 12.1 Å². The van der Waals surface area contributed by atoms with E-state index in [0.29, 0.717) is 0 Å². The van der Waals surface area contributed by atoms with Crippen LogP contribution in [0.1, 0.15) is 5.69 Å². The summed E-state index contributed by atoms with van der Waals surface area (Å²) in [5, 5.41) is 9.87. The standard InChI is InChI=1S/C19H23N5S.HI/c1-20-19(22-11-14-24-12-5-6-13-24)21-10-9-17-15-25-18(23-17)16-7-3-2-4-8-16;/h2-8,12-13,15H,9-11,14H2,1H3,(H2,20,21,22);1H. The third-order valence-electron chi connectivity index (χ3n) is 3.80. The summed E-state index contributed by atoms with van der Waals surface area (Å²) < 4.78 is 2.14. The van der Waals surface area contributed by atoms with Crippen molar-refractivity contribution < 1.29 is 0 Å². The van der Waals surface area contributed by atoms with Gasteiger partial charge < -0.3 is 15.2 Å². The molecule has 0 bridgehead atoms. The fourth-order valence-electron chi connectivity index (χ4n) is 2.49. The van der Waals surface area contributed by atoms with Crippen LogP contribution in [0.25, 0.3) is 10.6 Å². The minimum absolute atomic E-state index is 0. The van der Waals surface area contributed by atoms with E-state index in [0.717, 1.165) is 42.7 Å². The molecule has 0 unspecified atom stereocenters. The van der Waals surface area contributed by atoms with Crippen molar-refractivity contribution in [2.75, 3.05) is 20.1 Å². The SMILES string of the molecule is CN=C(NCCc1csc(-c2ccccc2)n1)NCCn1cccc1.I. The van der Waals surface area contributed by atoms with Crippen LogP contribution >= 0.6 is 35.3 Å². The summed E-state index contributed by atoms with van der Waals surface area (Å²) >= 11 is 1.69. The minimum atomic E-state index is 0. The summed E-state index contributed by atoms with van der Waals surface area (Å²) in [4.78, 5) is 8.97. The quantitative estimate of drug-likeness (QED) is 0.308. The van der Waals surface area contributed by atoms with Crippen LogP contribution in [-0.2, 0) is 13.0 Å². The van der Waals surface area contributed by atoms with Gasteiger partial charge >= 0.3 is 0 Å². The number of benzene rings is 1. The first-order valence-electron chi connectivity index (χ1n) is 8.40. The van der Waals surface area contributed by atoms with Gasteiger partial charge in [-0.1, -0.05) is 30.3 Å². The molecule has 3 aromatic rings. The fourth-order valence-corrected chi connectivity index (χ4v) is 3.35. The van der Waals surface area contributed by atoms with Crippen LogP contribution in [0.4, 0.5) is 0 Å². The van der Waals surface area contributed by atoms with Gasteiger partial charge in [0, 0.05) is 56.4 Å². The van der Waals surface area contributed by atoms with Crippen LogP contribution in [0.2, 0.25) is 0 Å². The zero-order valence-corrected chi connectivity index (χ0v) is 17.9. The number of hydrogen-bond donors (Lipinski definition) is 2. The van der Waals surface area contributed by atoms with E-state index < -0.39 is 0 Å². The maximum absolute atomic E-state index is 4.71. The lowest BCUT2D eigenvalue weighted by atomic mass is 10.2. The molecule has 2 heterocycles. The van der Waals surface area contributed by atoms with E-state index in [9.17, 15) is 0 Å². The van der Waals surface area contributed by atoms with Crippen molar-refractivity contribution >= 4 is 41.3 Å². The molecule has 0 spiro atoms. The fraction of sp³-hybridized carbons (Fsp3) is 0.263. The zero-order chi connectivity index (χ0) is 17.3. The molecule has 0 atom stereocenters. The number of hydrogen-bond acceptors (Lipinski definition) is 3. The molecule has 0 radical (unpaired) electrons. The number of guanidine groups is 1. The maximum atomic E-state index is 4.71. The molecule has 2 N–H and O–H groups in total. The van der Waals surface area contributed by atoms with Crippen LogP contribution in [0.3, 0.4) is 0 Å². The average Bonchev–Trinajstić information content (AvgIpc) is 3.33. The molecule has 0 amide bonds. The van der Waals surface area contributed by atoms with Crippen molar-refractivity contribution in [2.45, 2.75) is 13.0 Å². The monoisotopic (exact) mass is 481 g/mol. The molecule has 7 heteroatoms. The lowest BCUT2D eigenvalue weighted by Gasteiger charge is -2.11. The Kier molecular flexibility index (Phi) is 8.63. The Bertz CT molecular complexity index is 783. The number of rotatable bonds is 7. The van der Waals surface area contributed by atoms with E-state index in [4.69, 9.17) is 4.98 Å². The first kappa shape index (κ1) is 20.4. The summed E-state index contributed by atoms with van der Waals surface area (Å²) in [6.07, 6.45) is 5.00. The van der Waals surface area contributed by atoms with E-state index in [-0.39, 0.29) is 24.0 Å². The number of aliphatic imine (C=N–C) groups is 1. The summed E-state index contributed by atoms with van der Waals surface area (Å²) in [5.41, 5.74) is 2.29. The Hall–Kier alpha value is -1.87. The number of nitrogens with zero attached hydrogens (tertiary/aromatic N) is 3. The molecule has 5 nitrogen and oxygen atoms in total. The number of halogens is 1. The normalized spacial score (nSPS) is 11.0. The van der Waals surface area contributed by atoms with Gasteiger partial charge in [-0.2, -0.15) is 0 Å². The second-order valence-electron chi connectivity index (χ2n) is 5.61. The first-order chi connectivity index (χ1) is 12.3. The van der Waals surface area contributed by atoms with Crippen LogP contribution in [0.15, 0.2) is 65.2 Å². The van der Waals surface area contributed by atoms with Crippen molar-refractivity contribution in [2.24, 2.45) is 4.99 Å². The van der Waals surface area contributed by atoms with Crippen LogP contribution in [0, 0.1) is 0 Å². The van der Waals surface area contributed by atoms with Crippen LogP contribution in [0.5, 0.6) is 0 Å². The first-order valence-corrected chi connectivity index (χ1v) is 9.28. The summed E-state index contributed by atoms with van der Waals surface area (Å²) in [6.45, 7) is 2.56. The van der Waals surface area contributed by atoms with Crippen molar-refractivity contribution in [3.63, 3.8) is 0 Å². The Morgan fingerprint density at radius 2 is 1.81 bits per heavy atom. The van der Waals surface area contributed by atoms with Gasteiger partial charge in [-0.15, -0.1) is 35.3 Å². The Morgan fingerprint density at radius 1 is 1.08 bits per heavy atom. The van der Waals surface area contributed by atoms with Crippen LogP contribution < -0.4 is 10.6 Å². The molecule has 0 aliphatic carbocycles. The molecule has 2 aromatic heterocycles. The Morgan fingerprint density at radius 3 is 2.54 bits per heavy atom. The molecular weight excluding hydrogens is 457 g/mol. The van der Waals surface area contributed by atoms with Gasteiger partial charge in [-0.3, -0.25) is 4.99 Å². The second-order valence-corrected chi connectivity index (χ2v) is 6.46. The summed E-state index contributed by atoms with van der Waals surface area (Å²) in [7, 11) is 1.79. The predicted molar refractivity (Wildman–Crippen MR) is 120 cm³/mol. The van der Waals surface area contributed by atoms with Gasteiger partial charge in [0.15, 0.2) is 5.96 Å². The van der Waals surface area contributed by atoms with E-state index in [2.05, 4.69) is 50.1 Å². The third-order valence-corrected chi connectivity index (χ3v) is 4.74. The van der Waals surface area contributed by atoms with E-state index >= 15 is 0 Å². The molecular formula is C19H24IN5S. The van der Waals surface area contributed by atoms with Crippen LogP contribution in [-0.4, -0.2) is 35.6 Å². The highest BCUT2D eigenvalue weighted by molar-refractivity contribution is 14.0. The topological polar surface area (TPSA) is 54.2 Å². The van der Waals surface area contributed by atoms with E-state index in [1.807, 2.05) is 30.3 Å². The van der Waals surface area contributed by atoms with E-state index in [1.165, 1.54) is 5.56 Å². The number of thiazole rings is 1. The summed E-state index contributed by atoms with van der Waals surface area (Å²) in [6, 6.07) is 14.4. The lowest BCUT2D eigenvalue weighted by molar-refractivity contribution is 0.664. The molecule has 0 aliphatic rings. The Labute approximate surface area is 175 Å². The molecule has 0 fully saturated rings. The van der Waals surface area contributed by atoms with Gasteiger partial charge in [-0.25, -0.2) is 4.98 Å². The maximum Gasteiger partial charge on any atom is 0.191 e. The van der Waals surface area contributed by atoms with Crippen molar-refractivity contribution in [3.8, 4) is 10.6 Å². The van der Waals surface area contributed by atoms with Crippen molar-refractivity contribution in [1.29, 1.82) is 0 Å². The van der Waals surface area contributed by atoms with Gasteiger partial charge in [0.05, 0.1) is 5.69 Å². The average molecular weight is 481 g/mol. The van der Waals surface area contributed by atoms with Crippen molar-refractivity contribution in [1.82, 2.24) is 20.2 Å². The highest BCUT2D eigenvalue weighted by atomic mass is 127. The molecule has 0 saturated carbocycles. The second kappa shape index (κ2) is 11.0. The number of nitrogens with one attached hydrogen (secondary N) is 2. The molecule has 138 valence electrons. The highest BCUT2D eigenvalue weighted by Gasteiger charge is 2.04. The van der Waals surface area contributed by atoms with Gasteiger partial charge in [0.2, 0.25) is 0 Å². The largest absolute Gasteiger partial charge is 0.356 e. The summed E-state index contributed by atoms with van der Waals surface area (Å²) in [5.74, 6) is 0.825. The molecule has 1 aromatic carbocycles. The third kappa shape index (κ3) is 6.14. The molecule has 0 saturated heterocycles. The van der Waals surface area contributed by atoms with Crippen molar-refractivity contribution in [3.05, 3.63) is 65.9 Å². The Balaban J connectivity index is 0.00000243. The smallest absolute Gasteiger partial charge is 0.191 e. The highest BCUT2D eigenvalue weighted by Crippen LogP contribution is 2.23. The molecule has 0 aliphatic heterocycles. The molecule has 3 rings (SSSR count). The van der Waals surface area contributed by atoms with Gasteiger partial charge in [0.1, 0.15) is 5.01 Å². The van der Waals surface area contributed by atoms with Gasteiger partial charge in [0.25, 0.3) is 0 Å².